The topological polar surface area (TPSA) is 110 Å². The van der Waals surface area contributed by atoms with Crippen molar-refractivity contribution < 1.29 is 23.0 Å². The zero-order valence-electron chi connectivity index (χ0n) is 24.7. The van der Waals surface area contributed by atoms with Crippen LogP contribution in [0.3, 0.4) is 0 Å². The fourth-order valence-corrected chi connectivity index (χ4v) is 9.16. The van der Waals surface area contributed by atoms with E-state index in [-0.39, 0.29) is 65.7 Å². The van der Waals surface area contributed by atoms with Crippen molar-refractivity contribution in [2.24, 2.45) is 5.92 Å². The Labute approximate surface area is 267 Å². The van der Waals surface area contributed by atoms with Gasteiger partial charge in [-0.2, -0.15) is 15.2 Å². The minimum absolute atomic E-state index is 0.00720. The van der Waals surface area contributed by atoms with Crippen LogP contribution in [0.25, 0.3) is 32.1 Å². The molecule has 0 radical (unpaired) electrons. The molecular weight excluding hydrogens is 622 g/mol. The number of anilines is 2. The summed E-state index contributed by atoms with van der Waals surface area (Å²) < 4.78 is 50.7. The predicted molar refractivity (Wildman–Crippen MR) is 169 cm³/mol. The Morgan fingerprint density at radius 1 is 1.24 bits per heavy atom. The Hall–Kier alpha value is -3.50. The van der Waals surface area contributed by atoms with E-state index in [4.69, 9.17) is 36.5 Å². The van der Waals surface area contributed by atoms with Gasteiger partial charge in [-0.3, -0.25) is 4.90 Å². The summed E-state index contributed by atoms with van der Waals surface area (Å²) in [6.45, 7) is 6.54. The number of aromatic nitrogens is 2. The molecule has 3 fully saturated rings. The van der Waals surface area contributed by atoms with Gasteiger partial charge in [0.15, 0.2) is 11.6 Å². The van der Waals surface area contributed by atoms with Crippen LogP contribution in [0.5, 0.6) is 11.8 Å². The van der Waals surface area contributed by atoms with E-state index in [9.17, 15) is 9.65 Å². The lowest BCUT2D eigenvalue weighted by Gasteiger charge is -2.38. The minimum Gasteiger partial charge on any atom is -0.491 e. The van der Waals surface area contributed by atoms with E-state index in [0.717, 1.165) is 43.7 Å². The van der Waals surface area contributed by atoms with Crippen LogP contribution in [0, 0.1) is 28.9 Å². The number of halogens is 3. The standard InChI is InChI=1S/C32H31ClF2N6O3S/c1-16-11-32(6-2-7-40(32)13-16)15-44-31-38-26-23-27(43-9-5-17-14-42-10-8-41(17)30(23)39-31)24(33)22(25(26)35)18-3-4-20(34)28-21(18)19(12-36)29(37)45-28/h3-4,16-17H,2,5-11,13-15,37H2,1H3/t16-,17?,32?/m1/s1. The van der Waals surface area contributed by atoms with E-state index >= 15 is 4.39 Å². The van der Waals surface area contributed by atoms with E-state index < -0.39 is 11.6 Å². The first-order valence-corrected chi connectivity index (χ1v) is 16.5. The summed E-state index contributed by atoms with van der Waals surface area (Å²) in [6, 6.07) is 4.74. The second-order valence-electron chi connectivity index (χ2n) is 12.6. The van der Waals surface area contributed by atoms with Gasteiger partial charge in [-0.25, -0.2) is 8.78 Å². The van der Waals surface area contributed by atoms with Gasteiger partial charge in [0, 0.05) is 30.5 Å². The van der Waals surface area contributed by atoms with Gasteiger partial charge in [-0.15, -0.1) is 11.3 Å². The number of thiophene rings is 1. The summed E-state index contributed by atoms with van der Waals surface area (Å²) in [5.41, 5.74) is 6.25. The molecule has 0 amide bonds. The summed E-state index contributed by atoms with van der Waals surface area (Å²) in [5, 5.41) is 10.6. The summed E-state index contributed by atoms with van der Waals surface area (Å²) in [6.07, 6.45) is 3.79. The molecule has 6 heterocycles. The number of ether oxygens (including phenoxy) is 3. The third-order valence-electron chi connectivity index (χ3n) is 9.81. The highest BCUT2D eigenvalue weighted by molar-refractivity contribution is 7.23. The van der Waals surface area contributed by atoms with Gasteiger partial charge in [0.25, 0.3) is 0 Å². The molecule has 4 aliphatic rings. The minimum atomic E-state index is -0.738. The molecule has 2 aromatic carbocycles. The molecule has 3 atom stereocenters. The fraction of sp³-hybridized carbons (Fsp3) is 0.469. The fourth-order valence-electron chi connectivity index (χ4n) is 7.88. The third kappa shape index (κ3) is 4.42. The first-order chi connectivity index (χ1) is 21.8. The Morgan fingerprint density at radius 2 is 2.11 bits per heavy atom. The highest BCUT2D eigenvalue weighted by Gasteiger charge is 2.48. The number of fused-ring (bicyclic) bond motifs is 4. The molecule has 0 bridgehead atoms. The number of nitrogen functional groups attached to an aromatic ring is 1. The number of benzene rings is 2. The zero-order chi connectivity index (χ0) is 31.0. The lowest BCUT2D eigenvalue weighted by atomic mass is 9.92. The summed E-state index contributed by atoms with van der Waals surface area (Å²) >= 11 is 7.97. The predicted octanol–water partition coefficient (Wildman–Crippen LogP) is 6.14. The number of hydrogen-bond acceptors (Lipinski definition) is 10. The van der Waals surface area contributed by atoms with E-state index in [2.05, 4.69) is 27.8 Å². The van der Waals surface area contributed by atoms with E-state index in [0.29, 0.717) is 56.5 Å². The van der Waals surface area contributed by atoms with Crippen LogP contribution in [0.1, 0.15) is 38.2 Å². The number of rotatable bonds is 4. The second-order valence-corrected chi connectivity index (χ2v) is 14.0. The molecule has 3 saturated heterocycles. The van der Waals surface area contributed by atoms with Crippen LogP contribution in [-0.2, 0) is 4.74 Å². The quantitative estimate of drug-likeness (QED) is 0.278. The lowest BCUT2D eigenvalue weighted by Crippen LogP contribution is -2.47. The highest BCUT2D eigenvalue weighted by Crippen LogP contribution is 2.51. The average Bonchev–Trinajstić information content (AvgIpc) is 3.67. The van der Waals surface area contributed by atoms with Crippen molar-refractivity contribution in [2.75, 3.05) is 56.7 Å². The molecule has 13 heteroatoms. The maximum atomic E-state index is 17.1. The molecule has 45 heavy (non-hydrogen) atoms. The van der Waals surface area contributed by atoms with Gasteiger partial charge in [-0.05, 0) is 43.4 Å². The Balaban J connectivity index is 1.35. The second kappa shape index (κ2) is 10.8. The van der Waals surface area contributed by atoms with E-state index in [1.54, 1.807) is 0 Å². The number of nitriles is 1. The van der Waals surface area contributed by atoms with Crippen LogP contribution >= 0.6 is 22.9 Å². The van der Waals surface area contributed by atoms with Gasteiger partial charge >= 0.3 is 6.01 Å². The molecule has 0 spiro atoms. The SMILES string of the molecule is C[C@H]1CN2CCCC2(COc2nc3c4c(c(Cl)c(-c5ccc(F)c6sc(N)c(C#N)c56)c(F)c4n2)OCCC2COCCN32)C1. The molecule has 4 aromatic rings. The van der Waals surface area contributed by atoms with Gasteiger partial charge in [0.2, 0.25) is 0 Å². The van der Waals surface area contributed by atoms with Crippen LogP contribution in [0.15, 0.2) is 12.1 Å². The summed E-state index contributed by atoms with van der Waals surface area (Å²) in [5.74, 6) is -0.0207. The van der Waals surface area contributed by atoms with Crippen molar-refractivity contribution in [3.8, 4) is 29.0 Å². The zero-order valence-corrected chi connectivity index (χ0v) is 26.2. The normalized spacial score (nSPS) is 24.6. The van der Waals surface area contributed by atoms with Gasteiger partial charge in [0.1, 0.15) is 34.8 Å². The molecule has 2 unspecified atom stereocenters. The maximum Gasteiger partial charge on any atom is 0.319 e. The molecular formula is C32H31ClF2N6O3S. The van der Waals surface area contributed by atoms with Crippen molar-refractivity contribution in [3.05, 3.63) is 34.4 Å². The monoisotopic (exact) mass is 652 g/mol. The molecule has 234 valence electrons. The molecule has 2 N–H and O–H groups in total. The Kier molecular flexibility index (Phi) is 6.94. The summed E-state index contributed by atoms with van der Waals surface area (Å²) in [4.78, 5) is 14.2. The van der Waals surface area contributed by atoms with Crippen molar-refractivity contribution >= 4 is 54.7 Å². The molecule has 9 nitrogen and oxygen atoms in total. The molecule has 0 saturated carbocycles. The molecule has 2 aromatic heterocycles. The average molecular weight is 653 g/mol. The lowest BCUT2D eigenvalue weighted by molar-refractivity contribution is 0.0850. The Morgan fingerprint density at radius 3 is 2.96 bits per heavy atom. The van der Waals surface area contributed by atoms with E-state index in [1.165, 1.54) is 12.1 Å². The van der Waals surface area contributed by atoms with Gasteiger partial charge in [0.05, 0.1) is 52.1 Å². The maximum absolute atomic E-state index is 17.1. The smallest absolute Gasteiger partial charge is 0.319 e. The van der Waals surface area contributed by atoms with E-state index in [1.807, 2.05) is 0 Å². The van der Waals surface area contributed by atoms with Crippen LogP contribution in [-0.4, -0.2) is 72.5 Å². The first-order valence-electron chi connectivity index (χ1n) is 15.3. The van der Waals surface area contributed by atoms with Gasteiger partial charge < -0.3 is 24.8 Å². The first kappa shape index (κ1) is 28.9. The number of nitrogens with zero attached hydrogens (tertiary/aromatic N) is 5. The molecule has 8 rings (SSSR count). The molecule has 0 aliphatic carbocycles. The number of morpholine rings is 1. The van der Waals surface area contributed by atoms with Crippen LogP contribution in [0.4, 0.5) is 19.6 Å². The van der Waals surface area contributed by atoms with Crippen molar-refractivity contribution in [1.82, 2.24) is 14.9 Å². The third-order valence-corrected chi connectivity index (χ3v) is 11.2. The van der Waals surface area contributed by atoms with Crippen molar-refractivity contribution in [3.63, 3.8) is 0 Å². The number of hydrogen-bond donors (Lipinski definition) is 1. The largest absolute Gasteiger partial charge is 0.491 e. The van der Waals surface area contributed by atoms with Crippen molar-refractivity contribution in [2.45, 2.75) is 44.2 Å². The van der Waals surface area contributed by atoms with Crippen molar-refractivity contribution in [1.29, 1.82) is 5.26 Å². The molecule has 4 aliphatic heterocycles. The van der Waals surface area contributed by atoms with Crippen LogP contribution < -0.4 is 20.1 Å². The summed E-state index contributed by atoms with van der Waals surface area (Å²) in [7, 11) is 0. The van der Waals surface area contributed by atoms with Gasteiger partial charge in [-0.1, -0.05) is 24.6 Å². The number of nitrogens with two attached hydrogens (primary N) is 1. The Bertz CT molecular complexity index is 1920. The van der Waals surface area contributed by atoms with Crippen LogP contribution in [0.2, 0.25) is 5.02 Å². The highest BCUT2D eigenvalue weighted by atomic mass is 35.5.